The Bertz CT molecular complexity index is 1180. The lowest BCUT2D eigenvalue weighted by molar-refractivity contribution is -0.137. The number of carboxylic acids is 1. The van der Waals surface area contributed by atoms with Crippen molar-refractivity contribution in [3.8, 4) is 11.5 Å². The van der Waals surface area contributed by atoms with Crippen LogP contribution in [0.25, 0.3) is 0 Å². The van der Waals surface area contributed by atoms with E-state index in [1.165, 1.54) is 36.5 Å². The molecule has 0 aliphatic carbocycles. The van der Waals surface area contributed by atoms with Gasteiger partial charge in [0.2, 0.25) is 0 Å². The van der Waals surface area contributed by atoms with E-state index in [1.54, 1.807) is 0 Å². The van der Waals surface area contributed by atoms with E-state index < -0.39 is 34.3 Å². The van der Waals surface area contributed by atoms with E-state index >= 15 is 0 Å². The third-order valence-electron chi connectivity index (χ3n) is 4.34. The highest BCUT2D eigenvalue weighted by Crippen LogP contribution is 2.35. The minimum absolute atomic E-state index is 0.0355. The van der Waals surface area contributed by atoms with Gasteiger partial charge in [0, 0.05) is 31.2 Å². The van der Waals surface area contributed by atoms with Crippen molar-refractivity contribution in [2.24, 2.45) is 0 Å². The number of hydrogen-bond acceptors (Lipinski definition) is 4. The predicted octanol–water partition coefficient (Wildman–Crippen LogP) is 5.74. The fraction of sp³-hybridized carbons (Fsp3) is 0.136. The second kappa shape index (κ2) is 9.35. The first-order chi connectivity index (χ1) is 15.0. The van der Waals surface area contributed by atoms with Gasteiger partial charge < -0.3 is 9.84 Å². The number of halogens is 5. The number of carbonyl (C=O) groups is 2. The third-order valence-corrected chi connectivity index (χ3v) is 4.67. The van der Waals surface area contributed by atoms with Crippen LogP contribution in [-0.4, -0.2) is 21.8 Å². The van der Waals surface area contributed by atoms with E-state index in [1.807, 2.05) is 0 Å². The number of hydrogen-bond donors (Lipinski definition) is 1. The summed E-state index contributed by atoms with van der Waals surface area (Å²) < 4.78 is 58.7. The molecule has 0 aliphatic rings. The molecule has 1 aromatic heterocycles. The Morgan fingerprint density at radius 1 is 1.00 bits per heavy atom. The highest BCUT2D eigenvalue weighted by Gasteiger charge is 2.33. The van der Waals surface area contributed by atoms with E-state index in [9.17, 15) is 27.2 Å². The van der Waals surface area contributed by atoms with Crippen LogP contribution in [-0.2, 0) is 23.8 Å². The van der Waals surface area contributed by atoms with Crippen LogP contribution in [0.15, 0.2) is 54.7 Å². The zero-order chi connectivity index (χ0) is 23.5. The number of ether oxygens (including phenoxy) is 1. The summed E-state index contributed by atoms with van der Waals surface area (Å²) in [6.07, 6.45) is -4.09. The molecule has 1 heterocycles. The van der Waals surface area contributed by atoms with E-state index in [2.05, 4.69) is 4.98 Å². The normalized spacial score (nSPS) is 11.3. The lowest BCUT2D eigenvalue weighted by Crippen LogP contribution is -2.10. The van der Waals surface area contributed by atoms with E-state index in [4.69, 9.17) is 21.4 Å². The van der Waals surface area contributed by atoms with Crippen LogP contribution in [0.1, 0.15) is 27.2 Å². The highest BCUT2D eigenvalue weighted by atomic mass is 35.5. The standard InChI is InChI=1S/C22H14ClF4NO4/c23-18-4-1-12(8-17(18)22(25,26)27)7-14(29)9-13-2-3-15(10-19(13)24)32-16-5-6-28-20(11-16)21(30)31/h1-6,8,10-11H,7,9H2,(H,30,31). The van der Waals surface area contributed by atoms with Crippen molar-refractivity contribution in [3.63, 3.8) is 0 Å². The first-order valence-corrected chi connectivity index (χ1v) is 9.43. The van der Waals surface area contributed by atoms with Crippen LogP contribution in [0.2, 0.25) is 5.02 Å². The Labute approximate surface area is 184 Å². The molecule has 0 saturated carbocycles. The molecule has 5 nitrogen and oxygen atoms in total. The lowest BCUT2D eigenvalue weighted by atomic mass is 10.0. The molecule has 0 fully saturated rings. The van der Waals surface area contributed by atoms with Gasteiger partial charge in [0.15, 0.2) is 5.69 Å². The predicted molar refractivity (Wildman–Crippen MR) is 107 cm³/mol. The summed E-state index contributed by atoms with van der Waals surface area (Å²) in [6.45, 7) is 0. The van der Waals surface area contributed by atoms with Crippen molar-refractivity contribution in [2.45, 2.75) is 19.0 Å². The van der Waals surface area contributed by atoms with Crippen LogP contribution in [0, 0.1) is 5.82 Å². The maximum absolute atomic E-state index is 14.4. The minimum atomic E-state index is -4.65. The molecule has 32 heavy (non-hydrogen) atoms. The summed E-state index contributed by atoms with van der Waals surface area (Å²) in [5.41, 5.74) is -1.15. The molecular formula is C22H14ClF4NO4. The number of nitrogens with zero attached hydrogens (tertiary/aromatic N) is 1. The molecule has 1 N–H and O–H groups in total. The van der Waals surface area contributed by atoms with Crippen molar-refractivity contribution < 1.29 is 37.0 Å². The SMILES string of the molecule is O=C(Cc1ccc(Cl)c(C(F)(F)F)c1)Cc1ccc(Oc2ccnc(C(=O)O)c2)cc1F. The van der Waals surface area contributed by atoms with Crippen molar-refractivity contribution >= 4 is 23.4 Å². The number of ketones is 1. The molecular weight excluding hydrogens is 454 g/mol. The molecule has 0 unspecified atom stereocenters. The van der Waals surface area contributed by atoms with Crippen molar-refractivity contribution in [1.29, 1.82) is 0 Å². The van der Waals surface area contributed by atoms with Gasteiger partial charge in [-0.1, -0.05) is 23.7 Å². The number of benzene rings is 2. The lowest BCUT2D eigenvalue weighted by Gasteiger charge is -2.11. The smallest absolute Gasteiger partial charge is 0.417 e. The maximum Gasteiger partial charge on any atom is 0.417 e. The number of carboxylic acid groups (broad SMARTS) is 1. The Hall–Kier alpha value is -3.46. The zero-order valence-corrected chi connectivity index (χ0v) is 16.9. The van der Waals surface area contributed by atoms with Crippen LogP contribution in [0.4, 0.5) is 17.6 Å². The topological polar surface area (TPSA) is 76.5 Å². The minimum Gasteiger partial charge on any atom is -0.477 e. The molecule has 10 heteroatoms. The summed E-state index contributed by atoms with van der Waals surface area (Å²) in [7, 11) is 0. The molecule has 0 aliphatic heterocycles. The molecule has 166 valence electrons. The Morgan fingerprint density at radius 2 is 1.72 bits per heavy atom. The first kappa shape index (κ1) is 23.2. The van der Waals surface area contributed by atoms with Gasteiger partial charge in [0.25, 0.3) is 0 Å². The molecule has 0 radical (unpaired) electrons. The number of Topliss-reactive ketones (excluding diaryl/α,β-unsaturated/α-hetero) is 1. The van der Waals surface area contributed by atoms with Gasteiger partial charge in [-0.3, -0.25) is 4.79 Å². The van der Waals surface area contributed by atoms with E-state index in [0.29, 0.717) is 0 Å². The molecule has 0 saturated heterocycles. The molecule has 0 spiro atoms. The van der Waals surface area contributed by atoms with Gasteiger partial charge in [-0.25, -0.2) is 14.2 Å². The largest absolute Gasteiger partial charge is 0.477 e. The first-order valence-electron chi connectivity index (χ1n) is 9.06. The summed E-state index contributed by atoms with van der Waals surface area (Å²) in [4.78, 5) is 26.9. The highest BCUT2D eigenvalue weighted by molar-refractivity contribution is 6.31. The quantitative estimate of drug-likeness (QED) is 0.448. The zero-order valence-electron chi connectivity index (χ0n) is 16.1. The van der Waals surface area contributed by atoms with E-state index in [0.717, 1.165) is 18.2 Å². The monoisotopic (exact) mass is 467 g/mol. The van der Waals surface area contributed by atoms with E-state index in [-0.39, 0.29) is 41.2 Å². The average Bonchev–Trinajstić information content (AvgIpc) is 2.71. The van der Waals surface area contributed by atoms with Crippen molar-refractivity contribution in [1.82, 2.24) is 4.98 Å². The average molecular weight is 468 g/mol. The number of alkyl halides is 3. The second-order valence-corrected chi connectivity index (χ2v) is 7.15. The van der Waals surface area contributed by atoms with Crippen LogP contribution in [0.3, 0.4) is 0 Å². The fourth-order valence-electron chi connectivity index (χ4n) is 2.86. The Balaban J connectivity index is 1.69. The number of rotatable bonds is 7. The molecule has 0 amide bonds. The Kier molecular flexibility index (Phi) is 6.78. The summed E-state index contributed by atoms with van der Waals surface area (Å²) >= 11 is 5.57. The van der Waals surface area contributed by atoms with Gasteiger partial charge in [-0.15, -0.1) is 0 Å². The third kappa shape index (κ3) is 5.82. The fourth-order valence-corrected chi connectivity index (χ4v) is 3.09. The summed E-state index contributed by atoms with van der Waals surface area (Å²) in [5, 5.41) is 8.47. The molecule has 3 aromatic rings. The van der Waals surface area contributed by atoms with Gasteiger partial charge in [0.1, 0.15) is 23.1 Å². The van der Waals surface area contributed by atoms with Crippen molar-refractivity contribution in [2.75, 3.05) is 0 Å². The number of aromatic nitrogens is 1. The van der Waals surface area contributed by atoms with Crippen LogP contribution < -0.4 is 4.74 Å². The number of aromatic carboxylic acids is 1. The van der Waals surface area contributed by atoms with Gasteiger partial charge >= 0.3 is 12.1 Å². The van der Waals surface area contributed by atoms with Crippen molar-refractivity contribution in [3.05, 3.63) is 88.0 Å². The molecule has 0 bridgehead atoms. The van der Waals surface area contributed by atoms with Gasteiger partial charge in [-0.05, 0) is 35.4 Å². The van der Waals surface area contributed by atoms with Gasteiger partial charge in [0.05, 0.1) is 10.6 Å². The summed E-state index contributed by atoms with van der Waals surface area (Å²) in [5.74, 6) is -2.31. The van der Waals surface area contributed by atoms with Crippen LogP contribution >= 0.6 is 11.6 Å². The van der Waals surface area contributed by atoms with Gasteiger partial charge in [-0.2, -0.15) is 13.2 Å². The molecule has 2 aromatic carbocycles. The molecule has 0 atom stereocenters. The molecule has 3 rings (SSSR count). The summed E-state index contributed by atoms with van der Waals surface area (Å²) in [6, 6.07) is 9.45. The number of pyridine rings is 1. The number of carbonyl (C=O) groups excluding carboxylic acids is 1. The van der Waals surface area contributed by atoms with Crippen LogP contribution in [0.5, 0.6) is 11.5 Å². The Morgan fingerprint density at radius 3 is 2.38 bits per heavy atom. The second-order valence-electron chi connectivity index (χ2n) is 6.74. The maximum atomic E-state index is 14.4.